The van der Waals surface area contributed by atoms with Crippen molar-refractivity contribution in [2.45, 2.75) is 17.7 Å². The largest absolute Gasteiger partial charge is 0.398 e. The van der Waals surface area contributed by atoms with Gasteiger partial charge in [-0.15, -0.1) is 0 Å². The number of nitrogens with two attached hydrogens (primary N) is 1. The van der Waals surface area contributed by atoms with Gasteiger partial charge in [-0.1, -0.05) is 6.07 Å². The number of aromatic nitrogens is 1. The van der Waals surface area contributed by atoms with E-state index in [0.29, 0.717) is 12.2 Å². The molecule has 0 spiro atoms. The molecule has 1 aromatic heterocycles. The van der Waals surface area contributed by atoms with E-state index in [2.05, 4.69) is 4.98 Å². The molecule has 132 valence electrons. The highest BCUT2D eigenvalue weighted by Crippen LogP contribution is 2.31. The lowest BCUT2D eigenvalue weighted by atomic mass is 10.00. The van der Waals surface area contributed by atoms with E-state index in [-0.39, 0.29) is 17.3 Å². The Labute approximate surface area is 147 Å². The van der Waals surface area contributed by atoms with Gasteiger partial charge in [-0.05, 0) is 42.7 Å². The average molecular weight is 360 g/mol. The number of nitrogen functional groups attached to an aromatic ring is 1. The number of fused-ring (bicyclic) bond motifs is 1. The van der Waals surface area contributed by atoms with Gasteiger partial charge in [0, 0.05) is 37.4 Å². The molecule has 0 aliphatic carbocycles. The quantitative estimate of drug-likeness (QED) is 0.828. The van der Waals surface area contributed by atoms with Crippen LogP contribution in [0.15, 0.2) is 47.6 Å². The van der Waals surface area contributed by atoms with E-state index in [4.69, 9.17) is 5.73 Å². The maximum Gasteiger partial charge on any atom is 0.244 e. The minimum atomic E-state index is -3.76. The van der Waals surface area contributed by atoms with E-state index < -0.39 is 10.0 Å². The van der Waals surface area contributed by atoms with Crippen molar-refractivity contribution in [2.75, 3.05) is 30.8 Å². The van der Waals surface area contributed by atoms with E-state index in [1.54, 1.807) is 17.0 Å². The van der Waals surface area contributed by atoms with Gasteiger partial charge in [-0.3, -0.25) is 9.78 Å². The molecule has 2 aromatic rings. The lowest BCUT2D eigenvalue weighted by molar-refractivity contribution is -0.118. The number of rotatable bonds is 4. The lowest BCUT2D eigenvalue weighted by Crippen LogP contribution is -2.43. The summed E-state index contributed by atoms with van der Waals surface area (Å²) in [5.74, 6) is -0.276. The van der Waals surface area contributed by atoms with Crippen LogP contribution in [0.2, 0.25) is 0 Å². The Morgan fingerprint density at radius 1 is 1.32 bits per heavy atom. The molecule has 0 bridgehead atoms. The van der Waals surface area contributed by atoms with Crippen molar-refractivity contribution < 1.29 is 13.2 Å². The van der Waals surface area contributed by atoms with E-state index in [0.717, 1.165) is 28.4 Å². The second kappa shape index (κ2) is 6.81. The summed E-state index contributed by atoms with van der Waals surface area (Å²) in [4.78, 5) is 18.2. The summed E-state index contributed by atoms with van der Waals surface area (Å²) in [5, 5.41) is 0. The first-order valence-corrected chi connectivity index (χ1v) is 9.39. The van der Waals surface area contributed by atoms with E-state index >= 15 is 0 Å². The number of carbonyl (C=O) groups is 1. The highest BCUT2D eigenvalue weighted by Gasteiger charge is 2.28. The average Bonchev–Trinajstić information content (AvgIpc) is 2.62. The number of carbonyl (C=O) groups excluding carboxylic acids is 1. The van der Waals surface area contributed by atoms with Crippen molar-refractivity contribution in [1.82, 2.24) is 9.29 Å². The predicted octanol–water partition coefficient (Wildman–Crippen LogP) is 1.26. The Balaban J connectivity index is 1.81. The van der Waals surface area contributed by atoms with Gasteiger partial charge in [0.15, 0.2) is 0 Å². The molecule has 0 saturated carbocycles. The number of benzene rings is 1. The number of nitrogens with zero attached hydrogens (tertiary/aromatic N) is 3. The van der Waals surface area contributed by atoms with Gasteiger partial charge in [-0.2, -0.15) is 4.31 Å². The van der Waals surface area contributed by atoms with E-state index in [1.807, 2.05) is 12.1 Å². The third kappa shape index (κ3) is 3.35. The fourth-order valence-corrected chi connectivity index (χ4v) is 4.04. The summed E-state index contributed by atoms with van der Waals surface area (Å²) in [6, 6.07) is 8.46. The number of amides is 1. The molecule has 25 heavy (non-hydrogen) atoms. The highest BCUT2D eigenvalue weighted by molar-refractivity contribution is 7.89. The molecule has 2 heterocycles. The normalized spacial score (nSPS) is 14.4. The van der Waals surface area contributed by atoms with Crippen molar-refractivity contribution in [3.63, 3.8) is 0 Å². The number of hydrogen-bond donors (Lipinski definition) is 1. The Morgan fingerprint density at radius 3 is 2.84 bits per heavy atom. The number of likely N-dealkylation sites (N-methyl/N-ethyl adjacent to an activating group) is 1. The molecule has 3 rings (SSSR count). The molecule has 8 heteroatoms. The topological polar surface area (TPSA) is 96.6 Å². The Kier molecular flexibility index (Phi) is 4.73. The molecule has 0 fully saturated rings. The Morgan fingerprint density at radius 2 is 2.12 bits per heavy atom. The van der Waals surface area contributed by atoms with Crippen LogP contribution in [-0.4, -0.2) is 43.8 Å². The lowest BCUT2D eigenvalue weighted by Gasteiger charge is -2.31. The summed E-state index contributed by atoms with van der Waals surface area (Å²) in [5.41, 5.74) is 8.37. The van der Waals surface area contributed by atoms with Crippen molar-refractivity contribution in [1.29, 1.82) is 0 Å². The van der Waals surface area contributed by atoms with Gasteiger partial charge in [0.2, 0.25) is 15.9 Å². The van der Waals surface area contributed by atoms with E-state index in [9.17, 15) is 13.2 Å². The summed E-state index contributed by atoms with van der Waals surface area (Å²) < 4.78 is 26.1. The molecule has 1 aliphatic heterocycles. The smallest absolute Gasteiger partial charge is 0.244 e. The fourth-order valence-electron chi connectivity index (χ4n) is 2.95. The van der Waals surface area contributed by atoms with E-state index in [1.165, 1.54) is 25.5 Å². The summed E-state index contributed by atoms with van der Waals surface area (Å²) in [6.45, 7) is 0.307. The van der Waals surface area contributed by atoms with Crippen LogP contribution in [0.1, 0.15) is 12.0 Å². The summed E-state index contributed by atoms with van der Waals surface area (Å²) in [7, 11) is -2.37. The molecule has 0 unspecified atom stereocenters. The Hall–Kier alpha value is -2.45. The van der Waals surface area contributed by atoms with Gasteiger partial charge in [0.1, 0.15) is 4.90 Å². The zero-order valence-corrected chi connectivity index (χ0v) is 14.7. The monoisotopic (exact) mass is 360 g/mol. The molecule has 0 saturated heterocycles. The summed E-state index contributed by atoms with van der Waals surface area (Å²) >= 11 is 0. The van der Waals surface area contributed by atoms with Crippen molar-refractivity contribution in [2.24, 2.45) is 0 Å². The first-order valence-electron chi connectivity index (χ1n) is 7.95. The maximum absolute atomic E-state index is 12.7. The molecule has 2 N–H and O–H groups in total. The number of anilines is 2. The zero-order valence-electron chi connectivity index (χ0n) is 13.9. The van der Waals surface area contributed by atoms with Crippen molar-refractivity contribution in [3.05, 3.63) is 48.3 Å². The predicted molar refractivity (Wildman–Crippen MR) is 95.6 cm³/mol. The Bertz CT molecular complexity index is 884. The van der Waals surface area contributed by atoms with Gasteiger partial charge in [0.05, 0.1) is 6.54 Å². The molecule has 1 amide bonds. The standard InChI is InChI=1S/C17H20N4O3S/c1-20(25(23,24)13-5-3-9-19-11-13)12-17(22)21-10-4-6-14-15(18)7-2-8-16(14)21/h2-3,5,7-9,11H,4,6,10,12,18H2,1H3. The van der Waals surface area contributed by atoms with Gasteiger partial charge in [-0.25, -0.2) is 8.42 Å². The van der Waals surface area contributed by atoms with Crippen LogP contribution in [0.5, 0.6) is 0 Å². The minimum Gasteiger partial charge on any atom is -0.398 e. The van der Waals surface area contributed by atoms with Crippen LogP contribution in [-0.2, 0) is 21.2 Å². The highest BCUT2D eigenvalue weighted by atomic mass is 32.2. The van der Waals surface area contributed by atoms with Crippen LogP contribution in [0.4, 0.5) is 11.4 Å². The van der Waals surface area contributed by atoms with Crippen molar-refractivity contribution in [3.8, 4) is 0 Å². The fraction of sp³-hybridized carbons (Fsp3) is 0.294. The van der Waals surface area contributed by atoms with Crippen LogP contribution < -0.4 is 10.6 Å². The maximum atomic E-state index is 12.7. The second-order valence-electron chi connectivity index (χ2n) is 5.94. The molecule has 0 radical (unpaired) electrons. The summed E-state index contributed by atoms with van der Waals surface area (Å²) in [6.07, 6.45) is 4.38. The molecule has 1 aliphatic rings. The number of sulfonamides is 1. The second-order valence-corrected chi connectivity index (χ2v) is 7.99. The van der Waals surface area contributed by atoms with Gasteiger partial charge >= 0.3 is 0 Å². The number of hydrogen-bond acceptors (Lipinski definition) is 5. The molecular formula is C17H20N4O3S. The first-order chi connectivity index (χ1) is 11.9. The molecule has 1 aromatic carbocycles. The first kappa shape index (κ1) is 17.4. The SMILES string of the molecule is CN(CC(=O)N1CCCc2c(N)cccc21)S(=O)(=O)c1cccnc1. The van der Waals surface area contributed by atoms with Crippen molar-refractivity contribution >= 4 is 27.3 Å². The van der Waals surface area contributed by atoms with Crippen LogP contribution in [0.25, 0.3) is 0 Å². The van der Waals surface area contributed by atoms with Crippen LogP contribution in [0, 0.1) is 0 Å². The van der Waals surface area contributed by atoms with Gasteiger partial charge in [0.25, 0.3) is 0 Å². The molecule has 7 nitrogen and oxygen atoms in total. The minimum absolute atomic E-state index is 0.0635. The molecular weight excluding hydrogens is 340 g/mol. The third-order valence-corrected chi connectivity index (χ3v) is 6.08. The molecule has 0 atom stereocenters. The third-order valence-electron chi connectivity index (χ3n) is 4.29. The number of pyridine rings is 1. The van der Waals surface area contributed by atoms with Crippen LogP contribution in [0.3, 0.4) is 0 Å². The van der Waals surface area contributed by atoms with Gasteiger partial charge < -0.3 is 10.6 Å². The van der Waals surface area contributed by atoms with Crippen LogP contribution >= 0.6 is 0 Å². The zero-order chi connectivity index (χ0) is 18.0.